The van der Waals surface area contributed by atoms with Gasteiger partial charge in [-0.2, -0.15) is 36.4 Å². The molecule has 1 saturated carbocycles. The molecule has 208 valence electrons. The largest absolute Gasteiger partial charge is 0.480 e. The number of nitrogens with zero attached hydrogens (tertiary/aromatic N) is 7. The first-order valence-electron chi connectivity index (χ1n) is 11.9. The number of imidazole rings is 2. The first-order chi connectivity index (χ1) is 19.0. The topological polar surface area (TPSA) is 91.7 Å². The van der Waals surface area contributed by atoms with Crippen LogP contribution in [-0.4, -0.2) is 54.3 Å². The van der Waals surface area contributed by atoms with E-state index in [-0.39, 0.29) is 23.7 Å². The van der Waals surface area contributed by atoms with Crippen LogP contribution in [0.4, 0.5) is 26.3 Å². The second-order valence-electron chi connectivity index (χ2n) is 9.29. The summed E-state index contributed by atoms with van der Waals surface area (Å²) in [7, 11) is 2.87. The van der Waals surface area contributed by atoms with Crippen LogP contribution in [0.2, 0.25) is 0 Å². The minimum atomic E-state index is -4.90. The van der Waals surface area contributed by atoms with E-state index in [0.29, 0.717) is 28.9 Å². The highest BCUT2D eigenvalue weighted by molar-refractivity contribution is 5.68. The molecule has 2 atom stereocenters. The number of alkyl halides is 6. The summed E-state index contributed by atoms with van der Waals surface area (Å²) in [6.45, 7) is 0. The molecule has 5 aromatic heterocycles. The molecule has 0 bridgehead atoms. The number of ether oxygens (including phenoxy) is 2. The maximum Gasteiger partial charge on any atom is 0.435 e. The predicted octanol–water partition coefficient (Wildman–Crippen LogP) is 5.25. The Bertz CT molecular complexity index is 1740. The van der Waals surface area contributed by atoms with E-state index >= 15 is 0 Å². The summed E-state index contributed by atoms with van der Waals surface area (Å²) in [4.78, 5) is 16.1. The highest BCUT2D eigenvalue weighted by atomic mass is 19.4. The maximum atomic E-state index is 13.5. The van der Waals surface area contributed by atoms with Gasteiger partial charge in [0.2, 0.25) is 5.88 Å². The zero-order valence-electron chi connectivity index (χ0n) is 20.8. The van der Waals surface area contributed by atoms with Crippen molar-refractivity contribution in [2.75, 3.05) is 14.2 Å². The highest BCUT2D eigenvalue weighted by Crippen LogP contribution is 2.56. The summed E-state index contributed by atoms with van der Waals surface area (Å²) in [6.07, 6.45) is -4.55. The Balaban J connectivity index is 1.40. The van der Waals surface area contributed by atoms with E-state index < -0.39 is 35.8 Å². The van der Waals surface area contributed by atoms with Crippen molar-refractivity contribution in [3.63, 3.8) is 0 Å². The number of pyridine rings is 1. The first-order valence-corrected chi connectivity index (χ1v) is 11.9. The van der Waals surface area contributed by atoms with Gasteiger partial charge in [-0.3, -0.25) is 0 Å². The number of hydrogen-bond acceptors (Lipinski definition) is 7. The molecule has 5 aromatic rings. The molecule has 0 spiro atoms. The standard InChI is InChI=1S/C25H19F6N7O2/c1-39-22-16(10-33-23(35-22)40-2)17-8-15(21-32-5-6-38(21)36-17)14-7-13(14)12-3-4-18-20(25(29,30)31)34-19(37(18)11-12)9-24(26,27)28/h3-6,8,10-11,13-14H,7,9H2,1-2H3/t13-,14?/m1/s1. The smallest absolute Gasteiger partial charge is 0.435 e. The Kier molecular flexibility index (Phi) is 5.85. The SMILES string of the molecule is COc1ncc(-c2cc(C3C[C@@H]3c3ccc4c(C(F)(F)F)nc(CC(F)(F)F)n4c3)c3nccn3n2)c(OC)n1. The van der Waals surface area contributed by atoms with Crippen molar-refractivity contribution in [3.8, 4) is 23.1 Å². The molecule has 9 nitrogen and oxygen atoms in total. The van der Waals surface area contributed by atoms with E-state index in [4.69, 9.17) is 9.47 Å². The molecule has 0 aromatic carbocycles. The van der Waals surface area contributed by atoms with E-state index in [2.05, 4.69) is 25.0 Å². The normalized spacial score (nSPS) is 17.5. The summed E-state index contributed by atoms with van der Waals surface area (Å²) in [5.41, 5.74) is 1.16. The average Bonchev–Trinajstić information content (AvgIpc) is 3.41. The second-order valence-corrected chi connectivity index (χ2v) is 9.29. The lowest BCUT2D eigenvalue weighted by atomic mass is 10.0. The summed E-state index contributed by atoms with van der Waals surface area (Å²) < 4.78 is 92.9. The Hall–Kier alpha value is -4.43. The van der Waals surface area contributed by atoms with Crippen LogP contribution in [0.1, 0.15) is 40.9 Å². The molecule has 0 aliphatic heterocycles. The summed E-state index contributed by atoms with van der Waals surface area (Å²) in [5.74, 6) is -0.779. The third-order valence-electron chi connectivity index (χ3n) is 6.75. The van der Waals surface area contributed by atoms with Gasteiger partial charge >= 0.3 is 18.4 Å². The molecule has 6 rings (SSSR count). The van der Waals surface area contributed by atoms with Gasteiger partial charge in [0.25, 0.3) is 0 Å². The number of rotatable bonds is 6. The fourth-order valence-corrected chi connectivity index (χ4v) is 4.93. The van der Waals surface area contributed by atoms with Crippen LogP contribution in [0.15, 0.2) is 43.0 Å². The van der Waals surface area contributed by atoms with Gasteiger partial charge < -0.3 is 13.9 Å². The van der Waals surface area contributed by atoms with Gasteiger partial charge in [0.15, 0.2) is 11.3 Å². The van der Waals surface area contributed by atoms with Gasteiger partial charge in [-0.25, -0.2) is 19.5 Å². The highest BCUT2D eigenvalue weighted by Gasteiger charge is 2.43. The lowest BCUT2D eigenvalue weighted by molar-refractivity contribution is -0.141. The molecule has 1 fully saturated rings. The maximum absolute atomic E-state index is 13.5. The van der Waals surface area contributed by atoms with Crippen LogP contribution in [0.5, 0.6) is 11.9 Å². The van der Waals surface area contributed by atoms with E-state index in [1.54, 1.807) is 16.9 Å². The number of halogens is 6. The monoisotopic (exact) mass is 563 g/mol. The molecule has 1 aliphatic carbocycles. The number of aromatic nitrogens is 7. The van der Waals surface area contributed by atoms with Crippen molar-refractivity contribution in [2.45, 2.75) is 37.0 Å². The third kappa shape index (κ3) is 4.54. The Morgan fingerprint density at radius 2 is 1.80 bits per heavy atom. The third-order valence-corrected chi connectivity index (χ3v) is 6.75. The Labute approximate surface area is 221 Å². The van der Waals surface area contributed by atoms with Crippen LogP contribution in [0, 0.1) is 0 Å². The predicted molar refractivity (Wildman–Crippen MR) is 127 cm³/mol. The van der Waals surface area contributed by atoms with E-state index in [1.165, 1.54) is 38.7 Å². The molecule has 0 amide bonds. The van der Waals surface area contributed by atoms with Gasteiger partial charge in [-0.05, 0) is 36.0 Å². The van der Waals surface area contributed by atoms with E-state index in [0.717, 1.165) is 9.96 Å². The van der Waals surface area contributed by atoms with Gasteiger partial charge in [0, 0.05) is 30.4 Å². The van der Waals surface area contributed by atoms with Gasteiger partial charge in [0.05, 0.1) is 31.0 Å². The molecule has 15 heteroatoms. The van der Waals surface area contributed by atoms with Crippen molar-refractivity contribution in [1.29, 1.82) is 0 Å². The molecule has 0 saturated heterocycles. The van der Waals surface area contributed by atoms with Gasteiger partial charge in [-0.1, -0.05) is 6.07 Å². The van der Waals surface area contributed by atoms with Crippen molar-refractivity contribution in [3.05, 3.63) is 65.6 Å². The fourth-order valence-electron chi connectivity index (χ4n) is 4.93. The Morgan fingerprint density at radius 3 is 2.50 bits per heavy atom. The summed E-state index contributed by atoms with van der Waals surface area (Å²) in [5, 5.41) is 4.58. The molecule has 5 heterocycles. The molecular formula is C25H19F6N7O2. The molecule has 0 N–H and O–H groups in total. The van der Waals surface area contributed by atoms with Crippen molar-refractivity contribution in [2.24, 2.45) is 0 Å². The van der Waals surface area contributed by atoms with Gasteiger partial charge in [-0.15, -0.1) is 0 Å². The van der Waals surface area contributed by atoms with E-state index in [1.807, 2.05) is 6.07 Å². The number of fused-ring (bicyclic) bond motifs is 2. The minimum absolute atomic E-state index is 0.111. The molecule has 1 unspecified atom stereocenters. The number of methoxy groups -OCH3 is 2. The average molecular weight is 563 g/mol. The molecular weight excluding hydrogens is 544 g/mol. The lowest BCUT2D eigenvalue weighted by Gasteiger charge is -2.11. The zero-order valence-corrected chi connectivity index (χ0v) is 20.8. The first kappa shape index (κ1) is 25.8. The van der Waals surface area contributed by atoms with Crippen LogP contribution in [0.25, 0.3) is 22.4 Å². The van der Waals surface area contributed by atoms with Crippen molar-refractivity contribution >= 4 is 11.2 Å². The van der Waals surface area contributed by atoms with Crippen LogP contribution < -0.4 is 9.47 Å². The molecule has 1 aliphatic rings. The van der Waals surface area contributed by atoms with Crippen molar-refractivity contribution < 1.29 is 35.8 Å². The molecule has 0 radical (unpaired) electrons. The van der Waals surface area contributed by atoms with Crippen LogP contribution >= 0.6 is 0 Å². The van der Waals surface area contributed by atoms with Gasteiger partial charge in [0.1, 0.15) is 12.2 Å². The quantitative estimate of drug-likeness (QED) is 0.261. The fraction of sp³-hybridized carbons (Fsp3) is 0.320. The van der Waals surface area contributed by atoms with Crippen LogP contribution in [-0.2, 0) is 12.6 Å². The van der Waals surface area contributed by atoms with Crippen LogP contribution in [0.3, 0.4) is 0 Å². The van der Waals surface area contributed by atoms with Crippen molar-refractivity contribution in [1.82, 2.24) is 34.0 Å². The molecule has 40 heavy (non-hydrogen) atoms. The zero-order chi connectivity index (χ0) is 28.4. The van der Waals surface area contributed by atoms with E-state index in [9.17, 15) is 26.3 Å². The summed E-state index contributed by atoms with van der Waals surface area (Å²) >= 11 is 0. The lowest BCUT2D eigenvalue weighted by Crippen LogP contribution is -2.14. The Morgan fingerprint density at radius 1 is 1.00 bits per heavy atom. The second kappa shape index (κ2) is 9.06. The summed E-state index contributed by atoms with van der Waals surface area (Å²) in [6, 6.07) is 4.59. The minimum Gasteiger partial charge on any atom is -0.480 e. The number of hydrogen-bond donors (Lipinski definition) is 0.